The molecule has 0 heterocycles. The van der Waals surface area contributed by atoms with Crippen LogP contribution in [0.2, 0.25) is 0 Å². The van der Waals surface area contributed by atoms with Crippen LogP contribution in [-0.4, -0.2) is 11.2 Å². The normalized spacial score (nSPS) is 11.9. The molecule has 0 aromatic heterocycles. The van der Waals surface area contributed by atoms with Crippen molar-refractivity contribution in [3.8, 4) is 0 Å². The third-order valence-corrected chi connectivity index (χ3v) is 3.82. The Hall–Kier alpha value is -2.01. The molecule has 1 unspecified atom stereocenters. The Balaban J connectivity index is 2.06. The summed E-state index contributed by atoms with van der Waals surface area (Å²) in [6, 6.07) is 15.0. The van der Waals surface area contributed by atoms with E-state index in [9.17, 15) is 10.1 Å². The lowest BCUT2D eigenvalue weighted by Crippen LogP contribution is -2.06. The highest BCUT2D eigenvalue weighted by molar-refractivity contribution is 7.98. The molecule has 0 saturated heterocycles. The molecule has 0 spiro atoms. The zero-order valence-corrected chi connectivity index (χ0v) is 12.2. The summed E-state index contributed by atoms with van der Waals surface area (Å²) in [5.74, 6) is 0. The first kappa shape index (κ1) is 14.4. The average molecular weight is 288 g/mol. The van der Waals surface area contributed by atoms with Gasteiger partial charge in [0.25, 0.3) is 5.69 Å². The van der Waals surface area contributed by atoms with E-state index in [1.807, 2.05) is 6.26 Å². The van der Waals surface area contributed by atoms with E-state index in [1.54, 1.807) is 23.9 Å². The molecule has 0 aliphatic heterocycles. The lowest BCUT2D eigenvalue weighted by Gasteiger charge is -2.16. The number of rotatable bonds is 5. The van der Waals surface area contributed by atoms with Gasteiger partial charge in [-0.25, -0.2) is 0 Å². The maximum absolute atomic E-state index is 10.6. The number of benzene rings is 2. The van der Waals surface area contributed by atoms with Crippen LogP contribution in [0.15, 0.2) is 53.4 Å². The van der Waals surface area contributed by atoms with Crippen LogP contribution in [0.25, 0.3) is 0 Å². The van der Waals surface area contributed by atoms with E-state index in [1.165, 1.54) is 22.6 Å². The van der Waals surface area contributed by atoms with Gasteiger partial charge in [-0.1, -0.05) is 12.1 Å². The molecule has 20 heavy (non-hydrogen) atoms. The van der Waals surface area contributed by atoms with Crippen molar-refractivity contribution in [2.75, 3.05) is 11.6 Å². The van der Waals surface area contributed by atoms with Crippen LogP contribution < -0.4 is 5.32 Å². The van der Waals surface area contributed by atoms with Crippen molar-refractivity contribution in [3.63, 3.8) is 0 Å². The predicted molar refractivity (Wildman–Crippen MR) is 83.4 cm³/mol. The maximum Gasteiger partial charge on any atom is 0.269 e. The minimum atomic E-state index is -0.394. The molecule has 0 amide bonds. The Bertz CT molecular complexity index is 582. The van der Waals surface area contributed by atoms with Gasteiger partial charge in [-0.3, -0.25) is 10.1 Å². The van der Waals surface area contributed by atoms with Crippen LogP contribution in [0.5, 0.6) is 0 Å². The number of hydrogen-bond donors (Lipinski definition) is 1. The summed E-state index contributed by atoms with van der Waals surface area (Å²) in [4.78, 5) is 11.4. The van der Waals surface area contributed by atoms with Gasteiger partial charge >= 0.3 is 0 Å². The molecule has 0 fully saturated rings. The average Bonchev–Trinajstić information content (AvgIpc) is 2.48. The van der Waals surface area contributed by atoms with Crippen LogP contribution in [0.3, 0.4) is 0 Å². The molecule has 4 nitrogen and oxygen atoms in total. The Morgan fingerprint density at radius 2 is 1.70 bits per heavy atom. The Morgan fingerprint density at radius 3 is 2.20 bits per heavy atom. The molecule has 2 rings (SSSR count). The van der Waals surface area contributed by atoms with E-state index in [-0.39, 0.29) is 11.7 Å². The highest BCUT2D eigenvalue weighted by Gasteiger charge is 2.07. The molecule has 2 aromatic rings. The lowest BCUT2D eigenvalue weighted by molar-refractivity contribution is -0.384. The van der Waals surface area contributed by atoms with Crippen LogP contribution in [0, 0.1) is 10.1 Å². The second-order valence-electron chi connectivity index (χ2n) is 4.44. The summed E-state index contributed by atoms with van der Waals surface area (Å²) < 4.78 is 0. The number of non-ortho nitro benzene ring substituents is 1. The Kier molecular flexibility index (Phi) is 4.63. The number of nitrogens with one attached hydrogen (secondary N) is 1. The van der Waals surface area contributed by atoms with Gasteiger partial charge in [0.05, 0.1) is 4.92 Å². The number of nitro benzene ring substituents is 1. The fraction of sp³-hybridized carbons (Fsp3) is 0.200. The molecule has 5 heteroatoms. The second-order valence-corrected chi connectivity index (χ2v) is 5.32. The van der Waals surface area contributed by atoms with E-state index in [4.69, 9.17) is 0 Å². The number of anilines is 1. The third-order valence-electron chi connectivity index (χ3n) is 3.08. The van der Waals surface area contributed by atoms with Gasteiger partial charge < -0.3 is 5.32 Å². The number of nitrogens with zero attached hydrogens (tertiary/aromatic N) is 1. The molecular formula is C15H16N2O2S. The zero-order chi connectivity index (χ0) is 14.5. The van der Waals surface area contributed by atoms with Crippen molar-refractivity contribution >= 4 is 23.1 Å². The van der Waals surface area contributed by atoms with Crippen molar-refractivity contribution in [1.29, 1.82) is 0 Å². The Morgan fingerprint density at radius 1 is 1.10 bits per heavy atom. The third kappa shape index (κ3) is 3.51. The van der Waals surface area contributed by atoms with Gasteiger partial charge in [-0.2, -0.15) is 0 Å². The van der Waals surface area contributed by atoms with E-state index in [0.717, 1.165) is 5.69 Å². The van der Waals surface area contributed by atoms with E-state index >= 15 is 0 Å². The Labute approximate surface area is 122 Å². The summed E-state index contributed by atoms with van der Waals surface area (Å²) in [6.07, 6.45) is 2.05. The summed E-state index contributed by atoms with van der Waals surface area (Å²) >= 11 is 1.71. The fourth-order valence-electron chi connectivity index (χ4n) is 1.91. The van der Waals surface area contributed by atoms with Crippen molar-refractivity contribution in [2.45, 2.75) is 17.9 Å². The van der Waals surface area contributed by atoms with E-state index in [2.05, 4.69) is 36.5 Å². The quantitative estimate of drug-likeness (QED) is 0.500. The topological polar surface area (TPSA) is 55.2 Å². The molecule has 0 radical (unpaired) electrons. The predicted octanol–water partition coefficient (Wildman–Crippen LogP) is 4.49. The molecule has 1 atom stereocenters. The largest absolute Gasteiger partial charge is 0.379 e. The minimum absolute atomic E-state index is 0.104. The van der Waals surface area contributed by atoms with Crippen molar-refractivity contribution in [3.05, 3.63) is 64.2 Å². The highest BCUT2D eigenvalue weighted by atomic mass is 32.2. The molecule has 0 aliphatic carbocycles. The molecule has 104 valence electrons. The SMILES string of the molecule is CSc1ccc(C(C)Nc2ccc([N+](=O)[O-])cc2)cc1. The number of thioether (sulfide) groups is 1. The van der Waals surface area contributed by atoms with Crippen LogP contribution >= 0.6 is 11.8 Å². The van der Waals surface area contributed by atoms with Gasteiger partial charge in [0, 0.05) is 28.8 Å². The summed E-state index contributed by atoms with van der Waals surface area (Å²) in [5.41, 5.74) is 2.16. The molecular weight excluding hydrogens is 272 g/mol. The highest BCUT2D eigenvalue weighted by Crippen LogP contribution is 2.23. The molecule has 0 aliphatic rings. The molecule has 1 N–H and O–H groups in total. The smallest absolute Gasteiger partial charge is 0.269 e. The van der Waals surface area contributed by atoms with Crippen molar-refractivity contribution in [1.82, 2.24) is 0 Å². The first-order chi connectivity index (χ1) is 9.60. The standard InChI is InChI=1S/C15H16N2O2S/c1-11(12-3-9-15(20-2)10-4-12)16-13-5-7-14(8-6-13)17(18)19/h3-11,16H,1-2H3. The second kappa shape index (κ2) is 6.43. The van der Waals surface area contributed by atoms with E-state index in [0.29, 0.717) is 0 Å². The van der Waals surface area contributed by atoms with Crippen molar-refractivity contribution in [2.24, 2.45) is 0 Å². The van der Waals surface area contributed by atoms with Crippen LogP contribution in [0.4, 0.5) is 11.4 Å². The first-order valence-corrected chi connectivity index (χ1v) is 7.47. The van der Waals surface area contributed by atoms with Crippen LogP contribution in [-0.2, 0) is 0 Å². The van der Waals surface area contributed by atoms with Gasteiger partial charge in [0.1, 0.15) is 0 Å². The zero-order valence-electron chi connectivity index (χ0n) is 11.4. The number of hydrogen-bond acceptors (Lipinski definition) is 4. The fourth-order valence-corrected chi connectivity index (χ4v) is 2.31. The summed E-state index contributed by atoms with van der Waals surface area (Å²) in [7, 11) is 0. The van der Waals surface area contributed by atoms with Crippen molar-refractivity contribution < 1.29 is 4.92 Å². The monoisotopic (exact) mass is 288 g/mol. The summed E-state index contributed by atoms with van der Waals surface area (Å²) in [6.45, 7) is 2.06. The number of nitro groups is 1. The van der Waals surface area contributed by atoms with Gasteiger partial charge in [0.2, 0.25) is 0 Å². The van der Waals surface area contributed by atoms with Gasteiger partial charge in [0.15, 0.2) is 0 Å². The minimum Gasteiger partial charge on any atom is -0.379 e. The maximum atomic E-state index is 10.6. The first-order valence-electron chi connectivity index (χ1n) is 6.25. The molecule has 0 saturated carbocycles. The lowest BCUT2D eigenvalue weighted by atomic mass is 10.1. The van der Waals surface area contributed by atoms with Gasteiger partial charge in [-0.05, 0) is 43.0 Å². The molecule has 0 bridgehead atoms. The molecule has 2 aromatic carbocycles. The summed E-state index contributed by atoms with van der Waals surface area (Å²) in [5, 5.41) is 13.9. The van der Waals surface area contributed by atoms with Crippen LogP contribution in [0.1, 0.15) is 18.5 Å². The van der Waals surface area contributed by atoms with E-state index < -0.39 is 4.92 Å². The van der Waals surface area contributed by atoms with Gasteiger partial charge in [-0.15, -0.1) is 11.8 Å².